The minimum atomic E-state index is -0.229. The first kappa shape index (κ1) is 12.2. The van der Waals surface area contributed by atoms with Crippen LogP contribution in [0.25, 0.3) is 0 Å². The van der Waals surface area contributed by atoms with Crippen molar-refractivity contribution in [1.29, 1.82) is 0 Å². The van der Waals surface area contributed by atoms with Crippen LogP contribution in [-0.4, -0.2) is 4.57 Å². The lowest BCUT2D eigenvalue weighted by Gasteiger charge is -2.16. The maximum Gasteiger partial charge on any atom is 0.269 e. The van der Waals surface area contributed by atoms with Gasteiger partial charge in [0.15, 0.2) is 0 Å². The molecule has 17 heavy (non-hydrogen) atoms. The molecule has 0 radical (unpaired) electrons. The van der Waals surface area contributed by atoms with Crippen molar-refractivity contribution in [3.63, 3.8) is 0 Å². The highest BCUT2D eigenvalue weighted by atomic mass is 35.5. The number of halogens is 2. The van der Waals surface area contributed by atoms with Gasteiger partial charge in [0.25, 0.3) is 5.56 Å². The van der Waals surface area contributed by atoms with E-state index in [2.05, 4.69) is 0 Å². The zero-order chi connectivity index (χ0) is 12.4. The van der Waals surface area contributed by atoms with Crippen LogP contribution in [-0.2, 0) is 0 Å². The molecule has 88 valence electrons. The van der Waals surface area contributed by atoms with Gasteiger partial charge in [0, 0.05) is 6.20 Å². The van der Waals surface area contributed by atoms with Crippen molar-refractivity contribution in [3.8, 4) is 0 Å². The van der Waals surface area contributed by atoms with E-state index in [1.165, 1.54) is 6.07 Å². The molecule has 0 saturated heterocycles. The summed E-state index contributed by atoms with van der Waals surface area (Å²) < 4.78 is 1.54. The lowest BCUT2D eigenvalue weighted by atomic mass is 10.1. The van der Waals surface area contributed by atoms with Gasteiger partial charge in [-0.1, -0.05) is 53.5 Å². The second-order valence-corrected chi connectivity index (χ2v) is 4.65. The quantitative estimate of drug-likeness (QED) is 0.812. The van der Waals surface area contributed by atoms with Crippen molar-refractivity contribution in [2.24, 2.45) is 0 Å². The zero-order valence-electron chi connectivity index (χ0n) is 9.23. The smallest absolute Gasteiger partial charge is 0.269 e. The molecule has 0 bridgehead atoms. The topological polar surface area (TPSA) is 22.0 Å². The van der Waals surface area contributed by atoms with Gasteiger partial charge in [-0.25, -0.2) is 0 Å². The van der Waals surface area contributed by atoms with E-state index in [1.54, 1.807) is 10.8 Å². The van der Waals surface area contributed by atoms with Gasteiger partial charge in [0.2, 0.25) is 0 Å². The summed E-state index contributed by atoms with van der Waals surface area (Å²) in [7, 11) is 0. The van der Waals surface area contributed by atoms with Crippen LogP contribution in [0.1, 0.15) is 18.5 Å². The van der Waals surface area contributed by atoms with E-state index in [-0.39, 0.29) is 16.6 Å². The average molecular weight is 268 g/mol. The largest absolute Gasteiger partial charge is 0.306 e. The van der Waals surface area contributed by atoms with E-state index in [9.17, 15) is 4.79 Å². The molecule has 0 aliphatic heterocycles. The van der Waals surface area contributed by atoms with Gasteiger partial charge in [-0.15, -0.1) is 0 Å². The molecule has 1 unspecified atom stereocenters. The van der Waals surface area contributed by atoms with E-state index in [4.69, 9.17) is 23.2 Å². The standard InChI is InChI=1S/C13H11Cl2NO/c1-9(10-5-3-2-4-6-10)16-8-11(14)7-12(15)13(16)17/h2-9H,1H3. The summed E-state index contributed by atoms with van der Waals surface area (Å²) in [6.07, 6.45) is 1.60. The molecule has 2 rings (SSSR count). The Labute approximate surface area is 109 Å². The Bertz CT molecular complexity index is 578. The summed E-state index contributed by atoms with van der Waals surface area (Å²) in [5.41, 5.74) is 0.806. The van der Waals surface area contributed by atoms with Gasteiger partial charge < -0.3 is 4.57 Å². The molecule has 4 heteroatoms. The lowest BCUT2D eigenvalue weighted by molar-refractivity contribution is 0.615. The van der Waals surface area contributed by atoms with E-state index in [0.29, 0.717) is 5.02 Å². The van der Waals surface area contributed by atoms with Gasteiger partial charge in [-0.05, 0) is 18.6 Å². The van der Waals surface area contributed by atoms with E-state index in [0.717, 1.165) is 5.56 Å². The summed E-state index contributed by atoms with van der Waals surface area (Å²) in [6.45, 7) is 1.93. The van der Waals surface area contributed by atoms with Crippen molar-refractivity contribution in [2.45, 2.75) is 13.0 Å². The third kappa shape index (κ3) is 2.54. The van der Waals surface area contributed by atoms with Gasteiger partial charge in [0.05, 0.1) is 11.1 Å². The van der Waals surface area contributed by atoms with Crippen LogP contribution in [0.4, 0.5) is 0 Å². The molecule has 0 spiro atoms. The van der Waals surface area contributed by atoms with Gasteiger partial charge in [-0.3, -0.25) is 4.79 Å². The number of hydrogen-bond donors (Lipinski definition) is 0. The first-order valence-electron chi connectivity index (χ1n) is 5.21. The lowest BCUT2D eigenvalue weighted by Crippen LogP contribution is -2.23. The summed E-state index contributed by atoms with van der Waals surface area (Å²) in [5.74, 6) is 0. The van der Waals surface area contributed by atoms with Crippen LogP contribution >= 0.6 is 23.2 Å². The van der Waals surface area contributed by atoms with Crippen molar-refractivity contribution in [2.75, 3.05) is 0 Å². The Morgan fingerprint density at radius 3 is 2.47 bits per heavy atom. The number of benzene rings is 1. The highest BCUT2D eigenvalue weighted by Gasteiger charge is 2.11. The van der Waals surface area contributed by atoms with Crippen molar-refractivity contribution in [1.82, 2.24) is 4.57 Å². The second-order valence-electron chi connectivity index (χ2n) is 3.81. The highest BCUT2D eigenvalue weighted by molar-refractivity contribution is 6.34. The Morgan fingerprint density at radius 1 is 1.18 bits per heavy atom. The number of aromatic nitrogens is 1. The minimum Gasteiger partial charge on any atom is -0.306 e. The van der Waals surface area contributed by atoms with Gasteiger partial charge in [0.1, 0.15) is 5.02 Å². The molecule has 1 atom stereocenters. The van der Waals surface area contributed by atoms with Crippen molar-refractivity contribution >= 4 is 23.2 Å². The molecular weight excluding hydrogens is 257 g/mol. The predicted octanol–water partition coefficient (Wildman–Crippen LogP) is 3.76. The third-order valence-corrected chi connectivity index (χ3v) is 3.14. The van der Waals surface area contributed by atoms with Crippen LogP contribution in [0, 0.1) is 0 Å². The summed E-state index contributed by atoms with van der Waals surface area (Å²) in [4.78, 5) is 11.9. The minimum absolute atomic E-state index is 0.0973. The fraction of sp³-hybridized carbons (Fsp3) is 0.154. The Hall–Kier alpha value is -1.25. The number of pyridine rings is 1. The van der Waals surface area contributed by atoms with Crippen molar-refractivity contribution < 1.29 is 0 Å². The molecule has 0 amide bonds. The molecule has 0 aliphatic rings. The Kier molecular flexibility index (Phi) is 3.55. The predicted molar refractivity (Wildman–Crippen MR) is 71.0 cm³/mol. The average Bonchev–Trinajstić information content (AvgIpc) is 2.34. The molecular formula is C13H11Cl2NO. The fourth-order valence-electron chi connectivity index (χ4n) is 1.71. The van der Waals surface area contributed by atoms with Crippen molar-refractivity contribution in [3.05, 3.63) is 68.6 Å². The van der Waals surface area contributed by atoms with E-state index < -0.39 is 0 Å². The van der Waals surface area contributed by atoms with Crippen LogP contribution in [0.5, 0.6) is 0 Å². The molecule has 0 saturated carbocycles. The molecule has 0 N–H and O–H groups in total. The van der Waals surface area contributed by atoms with Gasteiger partial charge >= 0.3 is 0 Å². The maximum absolute atomic E-state index is 11.9. The molecule has 1 heterocycles. The maximum atomic E-state index is 11.9. The molecule has 2 aromatic rings. The Balaban J connectivity index is 2.52. The summed E-state index contributed by atoms with van der Waals surface area (Å²) >= 11 is 11.7. The van der Waals surface area contributed by atoms with Crippen LogP contribution in [0.2, 0.25) is 10.0 Å². The normalized spacial score (nSPS) is 12.4. The van der Waals surface area contributed by atoms with Crippen LogP contribution < -0.4 is 5.56 Å². The number of hydrogen-bond acceptors (Lipinski definition) is 1. The highest BCUT2D eigenvalue weighted by Crippen LogP contribution is 2.19. The molecule has 1 aromatic heterocycles. The molecule has 2 nitrogen and oxygen atoms in total. The molecule has 0 fully saturated rings. The van der Waals surface area contributed by atoms with Crippen LogP contribution in [0.15, 0.2) is 47.4 Å². The molecule has 1 aromatic carbocycles. The van der Waals surface area contributed by atoms with Crippen LogP contribution in [0.3, 0.4) is 0 Å². The third-order valence-electron chi connectivity index (χ3n) is 2.67. The first-order chi connectivity index (χ1) is 8.09. The summed E-state index contributed by atoms with van der Waals surface area (Å²) in [6, 6.07) is 11.1. The van der Waals surface area contributed by atoms with E-state index >= 15 is 0 Å². The number of rotatable bonds is 2. The fourth-order valence-corrected chi connectivity index (χ4v) is 2.20. The van der Waals surface area contributed by atoms with Gasteiger partial charge in [-0.2, -0.15) is 0 Å². The second kappa shape index (κ2) is 4.94. The number of nitrogens with zero attached hydrogens (tertiary/aromatic N) is 1. The SMILES string of the molecule is CC(c1ccccc1)n1cc(Cl)cc(Cl)c1=O. The summed E-state index contributed by atoms with van der Waals surface area (Å²) in [5, 5.41) is 0.595. The monoisotopic (exact) mass is 267 g/mol. The Morgan fingerprint density at radius 2 is 1.82 bits per heavy atom. The first-order valence-corrected chi connectivity index (χ1v) is 5.97. The molecule has 0 aliphatic carbocycles. The zero-order valence-corrected chi connectivity index (χ0v) is 10.7. The van der Waals surface area contributed by atoms with E-state index in [1.807, 2.05) is 37.3 Å².